The zero-order chi connectivity index (χ0) is 9.52. The van der Waals surface area contributed by atoms with Crippen LogP contribution < -0.4 is 5.32 Å². The van der Waals surface area contributed by atoms with E-state index in [2.05, 4.69) is 41.3 Å². The van der Waals surface area contributed by atoms with Gasteiger partial charge in [-0.3, -0.25) is 0 Å². The molecular formula is C10H15N3. The molecule has 0 aliphatic rings. The topological polar surface area (TPSA) is 40.8 Å². The van der Waals surface area contributed by atoms with Gasteiger partial charge in [-0.1, -0.05) is 0 Å². The van der Waals surface area contributed by atoms with E-state index in [0.29, 0.717) is 6.42 Å². The monoisotopic (exact) mass is 177 g/mol. The van der Waals surface area contributed by atoms with Crippen molar-refractivity contribution >= 4 is 0 Å². The Morgan fingerprint density at radius 1 is 1.62 bits per heavy atom. The summed E-state index contributed by atoms with van der Waals surface area (Å²) in [4.78, 5) is 0. The first-order valence-corrected chi connectivity index (χ1v) is 4.59. The average Bonchev–Trinajstić information content (AvgIpc) is 2.60. The standard InChI is InChI=1S/C10H15N3/c1-2-13-7-4-10(9-13)8-12-6-3-5-11/h4,7,9,12H,2-3,6,8H2,1H3. The van der Waals surface area contributed by atoms with Crippen molar-refractivity contribution in [3.8, 4) is 6.07 Å². The lowest BCUT2D eigenvalue weighted by Gasteiger charge is -1.98. The molecule has 1 rings (SSSR count). The molecule has 1 heterocycles. The van der Waals surface area contributed by atoms with Crippen LogP contribution in [-0.2, 0) is 13.1 Å². The Labute approximate surface area is 79.0 Å². The van der Waals surface area contributed by atoms with Gasteiger partial charge in [0.1, 0.15) is 0 Å². The van der Waals surface area contributed by atoms with Gasteiger partial charge >= 0.3 is 0 Å². The van der Waals surface area contributed by atoms with E-state index in [9.17, 15) is 0 Å². The molecule has 70 valence electrons. The molecule has 0 aromatic carbocycles. The van der Waals surface area contributed by atoms with Crippen LogP contribution in [0, 0.1) is 11.3 Å². The fourth-order valence-electron chi connectivity index (χ4n) is 1.17. The summed E-state index contributed by atoms with van der Waals surface area (Å²) in [6, 6.07) is 4.20. The molecule has 3 heteroatoms. The van der Waals surface area contributed by atoms with Crippen LogP contribution in [0.5, 0.6) is 0 Å². The summed E-state index contributed by atoms with van der Waals surface area (Å²) in [5.74, 6) is 0. The van der Waals surface area contributed by atoms with Crippen molar-refractivity contribution in [2.45, 2.75) is 26.4 Å². The van der Waals surface area contributed by atoms with E-state index in [1.807, 2.05) is 0 Å². The Morgan fingerprint density at radius 3 is 3.08 bits per heavy atom. The van der Waals surface area contributed by atoms with Gasteiger partial charge < -0.3 is 9.88 Å². The molecule has 0 amide bonds. The first kappa shape index (κ1) is 9.82. The predicted molar refractivity (Wildman–Crippen MR) is 52.0 cm³/mol. The van der Waals surface area contributed by atoms with Crippen LogP contribution in [0.25, 0.3) is 0 Å². The van der Waals surface area contributed by atoms with Gasteiger partial charge in [0.15, 0.2) is 0 Å². The third-order valence-corrected chi connectivity index (χ3v) is 1.92. The Hall–Kier alpha value is -1.27. The number of nitriles is 1. The maximum Gasteiger partial charge on any atom is 0.0635 e. The summed E-state index contributed by atoms with van der Waals surface area (Å²) in [6.45, 7) is 4.76. The lowest BCUT2D eigenvalue weighted by Crippen LogP contribution is -2.13. The van der Waals surface area contributed by atoms with Crippen molar-refractivity contribution in [1.82, 2.24) is 9.88 Å². The van der Waals surface area contributed by atoms with E-state index in [1.54, 1.807) is 0 Å². The van der Waals surface area contributed by atoms with Crippen LogP contribution in [-0.4, -0.2) is 11.1 Å². The fourth-order valence-corrected chi connectivity index (χ4v) is 1.17. The van der Waals surface area contributed by atoms with Gasteiger partial charge in [-0.15, -0.1) is 0 Å². The molecule has 0 aliphatic heterocycles. The third-order valence-electron chi connectivity index (χ3n) is 1.92. The van der Waals surface area contributed by atoms with Crippen molar-refractivity contribution in [1.29, 1.82) is 5.26 Å². The van der Waals surface area contributed by atoms with Gasteiger partial charge in [-0.05, 0) is 18.6 Å². The number of nitrogens with one attached hydrogen (secondary N) is 1. The molecule has 0 radical (unpaired) electrons. The number of aromatic nitrogens is 1. The first-order valence-electron chi connectivity index (χ1n) is 4.59. The summed E-state index contributed by atoms with van der Waals surface area (Å²) in [6.07, 6.45) is 4.77. The van der Waals surface area contributed by atoms with E-state index in [-0.39, 0.29) is 0 Å². The number of hydrogen-bond donors (Lipinski definition) is 1. The molecular weight excluding hydrogens is 162 g/mol. The Balaban J connectivity index is 2.25. The minimum absolute atomic E-state index is 0.578. The van der Waals surface area contributed by atoms with Gasteiger partial charge in [0.05, 0.1) is 6.07 Å². The number of rotatable bonds is 5. The summed E-state index contributed by atoms with van der Waals surface area (Å²) in [5, 5.41) is 11.5. The lowest BCUT2D eigenvalue weighted by atomic mass is 10.3. The summed E-state index contributed by atoms with van der Waals surface area (Å²) in [5.41, 5.74) is 1.28. The highest BCUT2D eigenvalue weighted by atomic mass is 14.9. The van der Waals surface area contributed by atoms with E-state index < -0.39 is 0 Å². The van der Waals surface area contributed by atoms with E-state index in [1.165, 1.54) is 5.56 Å². The Bertz CT molecular complexity index is 283. The van der Waals surface area contributed by atoms with E-state index in [4.69, 9.17) is 5.26 Å². The smallest absolute Gasteiger partial charge is 0.0635 e. The van der Waals surface area contributed by atoms with Gasteiger partial charge in [0.25, 0.3) is 0 Å². The lowest BCUT2D eigenvalue weighted by molar-refractivity contribution is 0.693. The van der Waals surface area contributed by atoms with Crippen molar-refractivity contribution in [3.63, 3.8) is 0 Å². The van der Waals surface area contributed by atoms with Gasteiger partial charge in [0, 0.05) is 38.4 Å². The molecule has 0 unspecified atom stereocenters. The highest BCUT2D eigenvalue weighted by molar-refractivity contribution is 5.09. The number of aryl methyl sites for hydroxylation is 1. The SMILES string of the molecule is CCn1ccc(CNCCC#N)c1. The second-order valence-corrected chi connectivity index (χ2v) is 2.94. The Morgan fingerprint density at radius 2 is 2.46 bits per heavy atom. The quantitative estimate of drug-likeness (QED) is 0.693. The minimum atomic E-state index is 0.578. The fraction of sp³-hybridized carbons (Fsp3) is 0.500. The van der Waals surface area contributed by atoms with Crippen molar-refractivity contribution in [3.05, 3.63) is 24.0 Å². The Kier molecular flexibility index (Phi) is 4.07. The zero-order valence-electron chi connectivity index (χ0n) is 7.95. The number of hydrogen-bond acceptors (Lipinski definition) is 2. The van der Waals surface area contributed by atoms with Crippen LogP contribution in [0.1, 0.15) is 18.9 Å². The van der Waals surface area contributed by atoms with Gasteiger partial charge in [0.2, 0.25) is 0 Å². The average molecular weight is 177 g/mol. The maximum atomic E-state index is 8.31. The molecule has 1 N–H and O–H groups in total. The second-order valence-electron chi connectivity index (χ2n) is 2.94. The van der Waals surface area contributed by atoms with Crippen LogP contribution in [0.2, 0.25) is 0 Å². The van der Waals surface area contributed by atoms with Crippen molar-refractivity contribution in [2.75, 3.05) is 6.54 Å². The van der Waals surface area contributed by atoms with Gasteiger partial charge in [-0.25, -0.2) is 0 Å². The van der Waals surface area contributed by atoms with Gasteiger partial charge in [-0.2, -0.15) is 5.26 Å². The van der Waals surface area contributed by atoms with Crippen LogP contribution in [0.3, 0.4) is 0 Å². The van der Waals surface area contributed by atoms with E-state index in [0.717, 1.165) is 19.6 Å². The zero-order valence-corrected chi connectivity index (χ0v) is 7.95. The summed E-state index contributed by atoms with van der Waals surface area (Å²) in [7, 11) is 0. The molecule has 0 saturated heterocycles. The molecule has 0 fully saturated rings. The minimum Gasteiger partial charge on any atom is -0.354 e. The maximum absolute atomic E-state index is 8.31. The largest absolute Gasteiger partial charge is 0.354 e. The molecule has 1 aromatic rings. The molecule has 0 saturated carbocycles. The molecule has 3 nitrogen and oxygen atoms in total. The molecule has 0 bridgehead atoms. The van der Waals surface area contributed by atoms with Crippen molar-refractivity contribution < 1.29 is 0 Å². The number of nitrogens with zero attached hydrogens (tertiary/aromatic N) is 2. The first-order chi connectivity index (χ1) is 6.36. The van der Waals surface area contributed by atoms with Crippen LogP contribution >= 0.6 is 0 Å². The normalized spacial score (nSPS) is 9.85. The highest BCUT2D eigenvalue weighted by Gasteiger charge is 1.94. The van der Waals surface area contributed by atoms with Crippen LogP contribution in [0.15, 0.2) is 18.5 Å². The second kappa shape index (κ2) is 5.39. The van der Waals surface area contributed by atoms with Crippen molar-refractivity contribution in [2.24, 2.45) is 0 Å². The summed E-state index contributed by atoms with van der Waals surface area (Å²) >= 11 is 0. The molecule has 0 atom stereocenters. The molecule has 0 spiro atoms. The molecule has 0 aliphatic carbocycles. The predicted octanol–water partition coefficient (Wildman–Crippen LogP) is 1.51. The summed E-state index contributed by atoms with van der Waals surface area (Å²) < 4.78 is 2.14. The molecule has 1 aromatic heterocycles. The van der Waals surface area contributed by atoms with E-state index >= 15 is 0 Å². The van der Waals surface area contributed by atoms with Crippen LogP contribution in [0.4, 0.5) is 0 Å². The third kappa shape index (κ3) is 3.30. The highest BCUT2D eigenvalue weighted by Crippen LogP contribution is 2.00. The molecule has 13 heavy (non-hydrogen) atoms.